The molecule has 0 atom stereocenters. The summed E-state index contributed by atoms with van der Waals surface area (Å²) >= 11 is 1.66. The van der Waals surface area contributed by atoms with Crippen LogP contribution in [0.15, 0.2) is 55.1 Å². The van der Waals surface area contributed by atoms with Gasteiger partial charge in [-0.15, -0.1) is 17.9 Å². The third-order valence-corrected chi connectivity index (χ3v) is 5.59. The predicted octanol–water partition coefficient (Wildman–Crippen LogP) is 6.50. The summed E-state index contributed by atoms with van der Waals surface area (Å²) in [5, 5.41) is 12.4. The van der Waals surface area contributed by atoms with Crippen molar-refractivity contribution in [3.05, 3.63) is 76.8 Å². The van der Waals surface area contributed by atoms with Crippen molar-refractivity contribution in [2.24, 2.45) is 0 Å². The fraction of sp³-hybridized carbons (Fsp3) is 0.208. The second kappa shape index (κ2) is 9.98. The van der Waals surface area contributed by atoms with Gasteiger partial charge in [-0.2, -0.15) is 0 Å². The van der Waals surface area contributed by atoms with Gasteiger partial charge in [0.25, 0.3) is 0 Å². The van der Waals surface area contributed by atoms with E-state index in [2.05, 4.69) is 37.0 Å². The Bertz CT molecular complexity index is 1070. The number of carbonyl (C=O) groups is 1. The average Bonchev–Trinajstić information content (AvgIpc) is 3.20. The first-order valence-corrected chi connectivity index (χ1v) is 10.7. The molecular weight excluding hydrogens is 394 g/mol. The Morgan fingerprint density at radius 2 is 1.97 bits per heavy atom. The molecule has 154 valence electrons. The summed E-state index contributed by atoms with van der Waals surface area (Å²) < 4.78 is 0. The number of thiophene rings is 1. The van der Waals surface area contributed by atoms with E-state index in [1.807, 2.05) is 19.1 Å². The lowest BCUT2D eigenvalue weighted by Gasteiger charge is -2.14. The van der Waals surface area contributed by atoms with E-state index in [1.165, 1.54) is 4.88 Å². The molecule has 0 unspecified atom stereocenters. The number of carboxylic acids is 1. The summed E-state index contributed by atoms with van der Waals surface area (Å²) in [5.74, 6) is 0.428. The van der Waals surface area contributed by atoms with E-state index in [0.717, 1.165) is 34.7 Å². The van der Waals surface area contributed by atoms with Crippen molar-refractivity contribution < 1.29 is 9.90 Å². The number of anilines is 2. The average molecular weight is 420 g/mol. The quantitative estimate of drug-likeness (QED) is 0.387. The van der Waals surface area contributed by atoms with Gasteiger partial charge in [0, 0.05) is 21.8 Å². The molecule has 30 heavy (non-hydrogen) atoms. The normalized spacial score (nSPS) is 11.0. The first-order chi connectivity index (χ1) is 14.5. The molecule has 5 nitrogen and oxygen atoms in total. The number of unbranched alkanes of at least 4 members (excludes halogenated alkanes) is 1. The van der Waals surface area contributed by atoms with E-state index in [9.17, 15) is 4.79 Å². The first-order valence-electron chi connectivity index (χ1n) is 9.87. The standard InChI is InChI=1S/C24H25N3O2S/c1-4-6-7-9-19-14-15-21(30-19)23-25-16(3)20(8-5-2)22(27-23)26-18-12-10-17(11-13-18)24(28)29/h5,7,9-15H,2,4,6,8H2,1,3H3,(H,28,29)(H,25,26,27)/b9-7+. The number of hydrogen-bond donors (Lipinski definition) is 2. The maximum absolute atomic E-state index is 11.1. The number of hydrogen-bond acceptors (Lipinski definition) is 5. The van der Waals surface area contributed by atoms with Crippen molar-refractivity contribution in [2.75, 3.05) is 5.32 Å². The van der Waals surface area contributed by atoms with Crippen LogP contribution in [0.4, 0.5) is 11.5 Å². The summed E-state index contributed by atoms with van der Waals surface area (Å²) in [4.78, 5) is 22.8. The van der Waals surface area contributed by atoms with Gasteiger partial charge in [0.15, 0.2) is 5.82 Å². The number of benzene rings is 1. The third kappa shape index (κ3) is 5.21. The van der Waals surface area contributed by atoms with Crippen LogP contribution in [0.2, 0.25) is 0 Å². The van der Waals surface area contributed by atoms with Gasteiger partial charge in [-0.05, 0) is 62.2 Å². The number of aromatic carboxylic acids is 1. The van der Waals surface area contributed by atoms with Crippen LogP contribution < -0.4 is 5.32 Å². The van der Waals surface area contributed by atoms with Crippen molar-refractivity contribution in [3.63, 3.8) is 0 Å². The Morgan fingerprint density at radius 1 is 1.20 bits per heavy atom. The van der Waals surface area contributed by atoms with Gasteiger partial charge < -0.3 is 10.4 Å². The second-order valence-electron chi connectivity index (χ2n) is 6.85. The lowest BCUT2D eigenvalue weighted by molar-refractivity contribution is 0.0697. The molecule has 3 rings (SSSR count). The minimum atomic E-state index is -0.949. The van der Waals surface area contributed by atoms with Gasteiger partial charge in [-0.1, -0.05) is 25.5 Å². The molecule has 2 N–H and O–H groups in total. The predicted molar refractivity (Wildman–Crippen MR) is 125 cm³/mol. The Balaban J connectivity index is 1.94. The molecule has 0 radical (unpaired) electrons. The molecule has 0 fully saturated rings. The molecule has 6 heteroatoms. The minimum Gasteiger partial charge on any atom is -0.478 e. The van der Waals surface area contributed by atoms with Crippen molar-refractivity contribution >= 4 is 34.9 Å². The van der Waals surface area contributed by atoms with Crippen LogP contribution >= 0.6 is 11.3 Å². The van der Waals surface area contributed by atoms with Crippen LogP contribution in [0, 0.1) is 6.92 Å². The smallest absolute Gasteiger partial charge is 0.335 e. The molecule has 2 aromatic heterocycles. The van der Waals surface area contributed by atoms with Crippen molar-refractivity contribution in [1.29, 1.82) is 0 Å². The van der Waals surface area contributed by atoms with Gasteiger partial charge in [0.2, 0.25) is 0 Å². The van der Waals surface area contributed by atoms with E-state index in [0.29, 0.717) is 18.1 Å². The third-order valence-electron chi connectivity index (χ3n) is 4.54. The topological polar surface area (TPSA) is 75.1 Å². The molecule has 0 aliphatic heterocycles. The highest BCUT2D eigenvalue weighted by Crippen LogP contribution is 2.30. The van der Waals surface area contributed by atoms with Crippen molar-refractivity contribution in [2.45, 2.75) is 33.1 Å². The molecule has 0 amide bonds. The SMILES string of the molecule is C=CCc1c(C)nc(-c2ccc(/C=C/CCC)s2)nc1Nc1ccc(C(=O)O)cc1. The summed E-state index contributed by atoms with van der Waals surface area (Å²) in [6, 6.07) is 10.7. The van der Waals surface area contributed by atoms with Crippen LogP contribution in [0.1, 0.15) is 46.3 Å². The van der Waals surface area contributed by atoms with Crippen LogP contribution in [-0.4, -0.2) is 21.0 Å². The summed E-state index contributed by atoms with van der Waals surface area (Å²) in [6.07, 6.45) is 8.98. The van der Waals surface area contributed by atoms with E-state index >= 15 is 0 Å². The molecule has 0 bridgehead atoms. The van der Waals surface area contributed by atoms with Crippen LogP contribution in [0.25, 0.3) is 16.8 Å². The van der Waals surface area contributed by atoms with Crippen LogP contribution in [0.3, 0.4) is 0 Å². The fourth-order valence-corrected chi connectivity index (χ4v) is 3.83. The number of carboxylic acid groups (broad SMARTS) is 1. The van der Waals surface area contributed by atoms with Crippen molar-refractivity contribution in [1.82, 2.24) is 9.97 Å². The number of nitrogens with one attached hydrogen (secondary N) is 1. The molecule has 1 aromatic carbocycles. The van der Waals surface area contributed by atoms with E-state index in [4.69, 9.17) is 15.1 Å². The second-order valence-corrected chi connectivity index (χ2v) is 7.97. The van der Waals surface area contributed by atoms with Gasteiger partial charge in [0.1, 0.15) is 5.82 Å². The summed E-state index contributed by atoms with van der Waals surface area (Å²) in [5.41, 5.74) is 2.87. The number of rotatable bonds is 9. The number of aryl methyl sites for hydroxylation is 1. The highest BCUT2D eigenvalue weighted by atomic mass is 32.1. The fourth-order valence-electron chi connectivity index (χ4n) is 2.96. The lowest BCUT2D eigenvalue weighted by atomic mass is 10.1. The molecule has 0 saturated heterocycles. The van der Waals surface area contributed by atoms with E-state index in [-0.39, 0.29) is 5.56 Å². The molecule has 2 heterocycles. The molecule has 0 aliphatic rings. The number of nitrogens with zero attached hydrogens (tertiary/aromatic N) is 2. The van der Waals surface area contributed by atoms with Crippen LogP contribution in [-0.2, 0) is 6.42 Å². The highest BCUT2D eigenvalue weighted by molar-refractivity contribution is 7.16. The Morgan fingerprint density at radius 3 is 2.63 bits per heavy atom. The maximum Gasteiger partial charge on any atom is 0.335 e. The van der Waals surface area contributed by atoms with Gasteiger partial charge in [-0.25, -0.2) is 14.8 Å². The summed E-state index contributed by atoms with van der Waals surface area (Å²) in [6.45, 7) is 7.97. The van der Waals surface area contributed by atoms with E-state index in [1.54, 1.807) is 35.6 Å². The largest absolute Gasteiger partial charge is 0.478 e. The minimum absolute atomic E-state index is 0.244. The zero-order valence-electron chi connectivity index (χ0n) is 17.2. The number of aromatic nitrogens is 2. The first kappa shape index (κ1) is 21.5. The molecule has 0 aliphatic carbocycles. The van der Waals surface area contributed by atoms with Gasteiger partial charge in [0.05, 0.1) is 10.4 Å². The Kier molecular flexibility index (Phi) is 7.14. The summed E-state index contributed by atoms with van der Waals surface area (Å²) in [7, 11) is 0. The highest BCUT2D eigenvalue weighted by Gasteiger charge is 2.14. The number of allylic oxidation sites excluding steroid dienone is 2. The molecular formula is C24H25N3O2S. The Labute approximate surface area is 180 Å². The zero-order valence-corrected chi connectivity index (χ0v) is 18.0. The van der Waals surface area contributed by atoms with Gasteiger partial charge in [-0.3, -0.25) is 0 Å². The van der Waals surface area contributed by atoms with Crippen LogP contribution in [0.5, 0.6) is 0 Å². The lowest BCUT2D eigenvalue weighted by Crippen LogP contribution is -2.05. The van der Waals surface area contributed by atoms with Crippen molar-refractivity contribution in [3.8, 4) is 10.7 Å². The molecule has 0 spiro atoms. The van der Waals surface area contributed by atoms with E-state index < -0.39 is 5.97 Å². The Hall–Kier alpha value is -3.25. The van der Waals surface area contributed by atoms with Gasteiger partial charge >= 0.3 is 5.97 Å². The zero-order chi connectivity index (χ0) is 21.5. The molecule has 3 aromatic rings. The monoisotopic (exact) mass is 419 g/mol. The molecule has 0 saturated carbocycles. The maximum atomic E-state index is 11.1.